The number of hydrogen-bond donors (Lipinski definition) is 3. The van der Waals surface area contributed by atoms with Crippen molar-refractivity contribution in [2.24, 2.45) is 0 Å². The molecule has 5 heteroatoms. The Kier molecular flexibility index (Phi) is 5.95. The number of nitrogens with one attached hydrogen (secondary N) is 2. The second kappa shape index (κ2) is 7.24. The number of aryl methyl sites for hydroxylation is 1. The van der Waals surface area contributed by atoms with E-state index in [0.717, 1.165) is 16.1 Å². The molecule has 18 heavy (non-hydrogen) atoms. The highest BCUT2D eigenvalue weighted by atomic mass is 35.5. The van der Waals surface area contributed by atoms with E-state index in [-0.39, 0.29) is 6.03 Å². The van der Waals surface area contributed by atoms with Gasteiger partial charge in [0.2, 0.25) is 0 Å². The first-order chi connectivity index (χ1) is 8.49. The van der Waals surface area contributed by atoms with Crippen molar-refractivity contribution in [3.63, 3.8) is 0 Å². The number of halogens is 1. The molecule has 0 radical (unpaired) electrons. The lowest BCUT2D eigenvalue weighted by Crippen LogP contribution is -2.36. The third-order valence-electron chi connectivity index (χ3n) is 2.52. The van der Waals surface area contributed by atoms with E-state index >= 15 is 0 Å². The number of rotatable bonds is 5. The summed E-state index contributed by atoms with van der Waals surface area (Å²) in [5.74, 6) is 0. The van der Waals surface area contributed by atoms with Gasteiger partial charge in [0.05, 0.1) is 6.10 Å². The van der Waals surface area contributed by atoms with Crippen LogP contribution in [0.5, 0.6) is 0 Å². The van der Waals surface area contributed by atoms with Crippen molar-refractivity contribution in [1.29, 1.82) is 0 Å². The minimum Gasteiger partial charge on any atom is -0.393 e. The van der Waals surface area contributed by atoms with Gasteiger partial charge in [0.15, 0.2) is 0 Å². The average molecular weight is 271 g/mol. The van der Waals surface area contributed by atoms with Crippen LogP contribution in [0.2, 0.25) is 5.02 Å². The molecule has 1 rings (SSSR count). The third kappa shape index (κ3) is 5.38. The molecule has 0 saturated carbocycles. The second-order valence-corrected chi connectivity index (χ2v) is 4.74. The molecule has 1 atom stereocenters. The maximum atomic E-state index is 11.4. The summed E-state index contributed by atoms with van der Waals surface area (Å²) in [6, 6.07) is 5.41. The van der Waals surface area contributed by atoms with Gasteiger partial charge in [-0.25, -0.2) is 4.79 Å². The number of urea groups is 1. The van der Waals surface area contributed by atoms with E-state index in [9.17, 15) is 4.79 Å². The highest BCUT2D eigenvalue weighted by Gasteiger charge is 2.02. The Morgan fingerprint density at radius 1 is 1.44 bits per heavy atom. The van der Waals surface area contributed by atoms with Crippen LogP contribution in [0.4, 0.5) is 4.79 Å². The molecule has 1 aromatic rings. The predicted octanol–water partition coefficient (Wildman–Crippen LogP) is 2.22. The van der Waals surface area contributed by atoms with E-state index in [1.54, 1.807) is 6.92 Å². The molecule has 0 aliphatic heterocycles. The maximum Gasteiger partial charge on any atom is 0.315 e. The zero-order chi connectivity index (χ0) is 13.5. The van der Waals surface area contributed by atoms with Crippen molar-refractivity contribution in [2.45, 2.75) is 32.9 Å². The van der Waals surface area contributed by atoms with Crippen LogP contribution in [0.25, 0.3) is 0 Å². The van der Waals surface area contributed by atoms with Crippen LogP contribution in [0.3, 0.4) is 0 Å². The monoisotopic (exact) mass is 270 g/mol. The van der Waals surface area contributed by atoms with Gasteiger partial charge >= 0.3 is 6.03 Å². The molecule has 2 amide bonds. The summed E-state index contributed by atoms with van der Waals surface area (Å²) in [5, 5.41) is 15.2. The van der Waals surface area contributed by atoms with Crippen LogP contribution >= 0.6 is 11.6 Å². The topological polar surface area (TPSA) is 61.4 Å². The fourth-order valence-electron chi connectivity index (χ4n) is 1.46. The number of aliphatic hydroxyl groups is 1. The lowest BCUT2D eigenvalue weighted by molar-refractivity contribution is 0.183. The minimum absolute atomic E-state index is 0.233. The standard InChI is InChI=1S/C13H19ClN2O2/c1-9-7-11(3-4-12(9)14)8-16-13(18)15-6-5-10(2)17/h3-4,7,10,17H,5-6,8H2,1-2H3,(H2,15,16,18). The van der Waals surface area contributed by atoms with Gasteiger partial charge in [-0.05, 0) is 37.5 Å². The zero-order valence-electron chi connectivity index (χ0n) is 10.7. The Balaban J connectivity index is 2.31. The van der Waals surface area contributed by atoms with Crippen LogP contribution in [0, 0.1) is 6.92 Å². The number of hydrogen-bond acceptors (Lipinski definition) is 2. The lowest BCUT2D eigenvalue weighted by atomic mass is 10.1. The smallest absolute Gasteiger partial charge is 0.315 e. The van der Waals surface area contributed by atoms with Gasteiger partial charge in [0, 0.05) is 18.1 Å². The Hall–Kier alpha value is -1.26. The van der Waals surface area contributed by atoms with E-state index in [1.807, 2.05) is 25.1 Å². The molecular formula is C13H19ClN2O2. The van der Waals surface area contributed by atoms with Gasteiger partial charge in [0.25, 0.3) is 0 Å². The maximum absolute atomic E-state index is 11.4. The number of carbonyl (C=O) groups is 1. The summed E-state index contributed by atoms with van der Waals surface area (Å²) in [6.07, 6.45) is 0.150. The number of carbonyl (C=O) groups excluding carboxylic acids is 1. The molecule has 0 fully saturated rings. The van der Waals surface area contributed by atoms with E-state index in [2.05, 4.69) is 10.6 Å². The molecule has 0 heterocycles. The highest BCUT2D eigenvalue weighted by Crippen LogP contribution is 2.15. The second-order valence-electron chi connectivity index (χ2n) is 4.33. The molecule has 0 aliphatic rings. The quantitative estimate of drug-likeness (QED) is 0.768. The van der Waals surface area contributed by atoms with Crippen LogP contribution in [0.1, 0.15) is 24.5 Å². The average Bonchev–Trinajstić information content (AvgIpc) is 2.30. The predicted molar refractivity (Wildman–Crippen MR) is 72.7 cm³/mol. The Morgan fingerprint density at radius 2 is 2.17 bits per heavy atom. The van der Waals surface area contributed by atoms with E-state index < -0.39 is 6.10 Å². The fourth-order valence-corrected chi connectivity index (χ4v) is 1.57. The molecule has 0 bridgehead atoms. The largest absolute Gasteiger partial charge is 0.393 e. The molecule has 1 unspecified atom stereocenters. The Bertz CT molecular complexity index is 408. The summed E-state index contributed by atoms with van der Waals surface area (Å²) >= 11 is 5.92. The van der Waals surface area contributed by atoms with Gasteiger partial charge in [-0.3, -0.25) is 0 Å². The Morgan fingerprint density at radius 3 is 2.78 bits per heavy atom. The third-order valence-corrected chi connectivity index (χ3v) is 2.95. The molecule has 3 N–H and O–H groups in total. The van der Waals surface area contributed by atoms with Crippen LogP contribution in [-0.4, -0.2) is 23.8 Å². The van der Waals surface area contributed by atoms with Crippen molar-refractivity contribution in [1.82, 2.24) is 10.6 Å². The highest BCUT2D eigenvalue weighted by molar-refractivity contribution is 6.31. The Labute approximate surface area is 112 Å². The van der Waals surface area contributed by atoms with Crippen molar-refractivity contribution in [3.8, 4) is 0 Å². The SMILES string of the molecule is Cc1cc(CNC(=O)NCCC(C)O)ccc1Cl. The molecule has 0 saturated heterocycles. The first-order valence-corrected chi connectivity index (χ1v) is 6.31. The summed E-state index contributed by atoms with van der Waals surface area (Å²) < 4.78 is 0. The number of benzene rings is 1. The first kappa shape index (κ1) is 14.8. The number of amides is 2. The molecule has 100 valence electrons. The normalized spacial score (nSPS) is 12.0. The van der Waals surface area contributed by atoms with E-state index in [0.29, 0.717) is 19.5 Å². The molecule has 4 nitrogen and oxygen atoms in total. The lowest BCUT2D eigenvalue weighted by Gasteiger charge is -2.09. The summed E-state index contributed by atoms with van der Waals surface area (Å²) in [4.78, 5) is 11.4. The van der Waals surface area contributed by atoms with Gasteiger partial charge in [0.1, 0.15) is 0 Å². The van der Waals surface area contributed by atoms with E-state index in [1.165, 1.54) is 0 Å². The van der Waals surface area contributed by atoms with Crippen molar-refractivity contribution in [2.75, 3.05) is 6.54 Å². The minimum atomic E-state index is -0.399. The van der Waals surface area contributed by atoms with Crippen molar-refractivity contribution >= 4 is 17.6 Å². The summed E-state index contributed by atoms with van der Waals surface area (Å²) in [5.41, 5.74) is 1.99. The molecule has 1 aromatic carbocycles. The van der Waals surface area contributed by atoms with Gasteiger partial charge in [-0.15, -0.1) is 0 Å². The fraction of sp³-hybridized carbons (Fsp3) is 0.462. The molecular weight excluding hydrogens is 252 g/mol. The van der Waals surface area contributed by atoms with Gasteiger partial charge in [-0.1, -0.05) is 23.7 Å². The van der Waals surface area contributed by atoms with Gasteiger partial charge in [-0.2, -0.15) is 0 Å². The van der Waals surface area contributed by atoms with E-state index in [4.69, 9.17) is 16.7 Å². The molecule has 0 aliphatic carbocycles. The molecule has 0 aromatic heterocycles. The molecule has 0 spiro atoms. The van der Waals surface area contributed by atoms with Crippen LogP contribution < -0.4 is 10.6 Å². The summed E-state index contributed by atoms with van der Waals surface area (Å²) in [6.45, 7) is 4.53. The van der Waals surface area contributed by atoms with Crippen LogP contribution in [0.15, 0.2) is 18.2 Å². The van der Waals surface area contributed by atoms with Gasteiger partial charge < -0.3 is 15.7 Å². The van der Waals surface area contributed by atoms with Crippen molar-refractivity contribution < 1.29 is 9.90 Å². The van der Waals surface area contributed by atoms with Crippen LogP contribution in [-0.2, 0) is 6.54 Å². The first-order valence-electron chi connectivity index (χ1n) is 5.94. The zero-order valence-corrected chi connectivity index (χ0v) is 11.4. The summed E-state index contributed by atoms with van der Waals surface area (Å²) in [7, 11) is 0. The number of aliphatic hydroxyl groups excluding tert-OH is 1. The van der Waals surface area contributed by atoms with Crippen molar-refractivity contribution in [3.05, 3.63) is 34.3 Å².